The number of ether oxygens (including phenoxy) is 1. The maximum Gasteiger partial charge on any atom is 0.0671 e. The van der Waals surface area contributed by atoms with Gasteiger partial charge in [0.1, 0.15) is 0 Å². The van der Waals surface area contributed by atoms with Crippen molar-refractivity contribution in [2.45, 2.75) is 71.4 Å². The Bertz CT molecular complexity index is 156. The van der Waals surface area contributed by atoms with Crippen LogP contribution in [0.25, 0.3) is 0 Å². The molecule has 0 bridgehead atoms. The Morgan fingerprint density at radius 3 is 2.38 bits per heavy atom. The Morgan fingerprint density at radius 2 is 1.81 bits per heavy atom. The fourth-order valence-corrected chi connectivity index (χ4v) is 2.45. The maximum absolute atomic E-state index is 5.90. The van der Waals surface area contributed by atoms with E-state index in [2.05, 4.69) is 26.1 Å². The third-order valence-electron chi connectivity index (χ3n) is 3.77. The first-order chi connectivity index (χ1) is 7.76. The van der Waals surface area contributed by atoms with Gasteiger partial charge in [0.2, 0.25) is 0 Å². The van der Waals surface area contributed by atoms with Crippen LogP contribution in [0.4, 0.5) is 0 Å². The van der Waals surface area contributed by atoms with Crippen molar-refractivity contribution in [3.05, 3.63) is 0 Å². The average Bonchev–Trinajstić information content (AvgIpc) is 2.80. The summed E-state index contributed by atoms with van der Waals surface area (Å²) in [5.74, 6) is 0.843. The summed E-state index contributed by atoms with van der Waals surface area (Å²) in [6, 6.07) is 0.664. The molecule has 1 aliphatic carbocycles. The second-order valence-corrected chi connectivity index (χ2v) is 5.22. The highest BCUT2D eigenvalue weighted by Crippen LogP contribution is 2.24. The molecule has 0 aliphatic heterocycles. The Labute approximate surface area is 101 Å². The molecule has 1 rings (SSSR count). The molecule has 1 fully saturated rings. The molecule has 0 aromatic rings. The molecule has 1 unspecified atom stereocenters. The van der Waals surface area contributed by atoms with E-state index in [9.17, 15) is 0 Å². The minimum atomic E-state index is 0.362. The predicted molar refractivity (Wildman–Crippen MR) is 69.7 cm³/mol. The number of nitrogens with one attached hydrogen (secondary N) is 1. The zero-order valence-electron chi connectivity index (χ0n) is 11.3. The molecule has 0 amide bonds. The van der Waals surface area contributed by atoms with E-state index in [-0.39, 0.29) is 0 Å². The first-order valence-electron chi connectivity index (χ1n) is 7.11. The van der Waals surface area contributed by atoms with Crippen molar-refractivity contribution >= 4 is 0 Å². The quantitative estimate of drug-likeness (QED) is 0.686. The van der Waals surface area contributed by atoms with Crippen LogP contribution in [-0.4, -0.2) is 25.3 Å². The van der Waals surface area contributed by atoms with Gasteiger partial charge in [-0.2, -0.15) is 0 Å². The summed E-state index contributed by atoms with van der Waals surface area (Å²) in [6.45, 7) is 8.64. The summed E-state index contributed by atoms with van der Waals surface area (Å²) in [5, 5.41) is 3.57. The highest BCUT2D eigenvalue weighted by atomic mass is 16.5. The van der Waals surface area contributed by atoms with Gasteiger partial charge < -0.3 is 10.1 Å². The van der Waals surface area contributed by atoms with Crippen molar-refractivity contribution in [3.63, 3.8) is 0 Å². The Balaban J connectivity index is 2.03. The number of rotatable bonds is 8. The summed E-state index contributed by atoms with van der Waals surface area (Å²) in [4.78, 5) is 0. The molecule has 1 atom stereocenters. The van der Waals surface area contributed by atoms with E-state index in [0.29, 0.717) is 12.1 Å². The summed E-state index contributed by atoms with van der Waals surface area (Å²) in [5.41, 5.74) is 0. The molecule has 16 heavy (non-hydrogen) atoms. The highest BCUT2D eigenvalue weighted by molar-refractivity contribution is 4.69. The van der Waals surface area contributed by atoms with Gasteiger partial charge in [-0.15, -0.1) is 0 Å². The van der Waals surface area contributed by atoms with E-state index in [1.165, 1.54) is 38.5 Å². The first kappa shape index (κ1) is 14.0. The lowest BCUT2D eigenvalue weighted by Crippen LogP contribution is -2.35. The van der Waals surface area contributed by atoms with Crippen LogP contribution in [0.2, 0.25) is 0 Å². The van der Waals surface area contributed by atoms with Gasteiger partial charge in [-0.1, -0.05) is 26.7 Å². The van der Waals surface area contributed by atoms with Gasteiger partial charge in [0.15, 0.2) is 0 Å². The van der Waals surface area contributed by atoms with E-state index in [4.69, 9.17) is 4.74 Å². The van der Waals surface area contributed by atoms with Crippen molar-refractivity contribution in [3.8, 4) is 0 Å². The van der Waals surface area contributed by atoms with Crippen molar-refractivity contribution in [2.24, 2.45) is 5.92 Å². The third kappa shape index (κ3) is 5.31. The lowest BCUT2D eigenvalue weighted by Gasteiger charge is -2.20. The van der Waals surface area contributed by atoms with E-state index >= 15 is 0 Å². The van der Waals surface area contributed by atoms with Crippen LogP contribution < -0.4 is 5.32 Å². The molecule has 1 N–H and O–H groups in total. The van der Waals surface area contributed by atoms with Crippen LogP contribution in [0.5, 0.6) is 0 Å². The summed E-state index contributed by atoms with van der Waals surface area (Å²) in [7, 11) is 0. The smallest absolute Gasteiger partial charge is 0.0671 e. The molecule has 0 aromatic heterocycles. The second kappa shape index (κ2) is 8.08. The summed E-state index contributed by atoms with van der Waals surface area (Å²) in [6.07, 6.45) is 8.38. The molecule has 96 valence electrons. The van der Waals surface area contributed by atoms with Gasteiger partial charge in [-0.3, -0.25) is 0 Å². The molecular weight excluding hydrogens is 198 g/mol. The van der Waals surface area contributed by atoms with Crippen molar-refractivity contribution < 1.29 is 4.74 Å². The predicted octanol–water partition coefficient (Wildman–Crippen LogP) is 3.36. The van der Waals surface area contributed by atoms with Crippen LogP contribution in [-0.2, 0) is 4.74 Å². The van der Waals surface area contributed by atoms with Gasteiger partial charge in [0, 0.05) is 19.2 Å². The largest absolute Gasteiger partial charge is 0.377 e. The highest BCUT2D eigenvalue weighted by Gasteiger charge is 2.16. The second-order valence-electron chi connectivity index (χ2n) is 5.22. The van der Waals surface area contributed by atoms with E-state index in [1.54, 1.807) is 0 Å². The van der Waals surface area contributed by atoms with Crippen LogP contribution >= 0.6 is 0 Å². The third-order valence-corrected chi connectivity index (χ3v) is 3.77. The molecule has 2 nitrogen and oxygen atoms in total. The van der Waals surface area contributed by atoms with Crippen molar-refractivity contribution in [2.75, 3.05) is 13.2 Å². The molecule has 1 saturated carbocycles. The molecule has 0 spiro atoms. The Morgan fingerprint density at radius 1 is 1.19 bits per heavy atom. The van der Waals surface area contributed by atoms with Crippen molar-refractivity contribution in [1.82, 2.24) is 5.32 Å². The monoisotopic (exact) mass is 227 g/mol. The summed E-state index contributed by atoms with van der Waals surface area (Å²) >= 11 is 0. The normalized spacial score (nSPS) is 19.5. The van der Waals surface area contributed by atoms with Crippen LogP contribution in [0.1, 0.15) is 59.3 Å². The molecule has 0 aromatic carbocycles. The standard InChI is InChI=1S/C14H29NO/c1-4-14(5-2)15-10-12(3)16-11-13-8-6-7-9-13/h12-15H,4-11H2,1-3H3. The minimum Gasteiger partial charge on any atom is -0.377 e. The van der Waals surface area contributed by atoms with E-state index in [0.717, 1.165) is 19.1 Å². The van der Waals surface area contributed by atoms with Crippen molar-refractivity contribution in [1.29, 1.82) is 0 Å². The lowest BCUT2D eigenvalue weighted by molar-refractivity contribution is 0.0400. The zero-order valence-corrected chi connectivity index (χ0v) is 11.3. The number of hydrogen-bond acceptors (Lipinski definition) is 2. The molecule has 0 heterocycles. The van der Waals surface area contributed by atoms with E-state index < -0.39 is 0 Å². The average molecular weight is 227 g/mol. The Hall–Kier alpha value is -0.0800. The lowest BCUT2D eigenvalue weighted by atomic mass is 10.1. The van der Waals surface area contributed by atoms with Gasteiger partial charge >= 0.3 is 0 Å². The minimum absolute atomic E-state index is 0.362. The summed E-state index contributed by atoms with van der Waals surface area (Å²) < 4.78 is 5.90. The molecule has 1 aliphatic rings. The molecule has 2 heteroatoms. The fourth-order valence-electron chi connectivity index (χ4n) is 2.45. The van der Waals surface area contributed by atoms with Crippen LogP contribution in [0.3, 0.4) is 0 Å². The first-order valence-corrected chi connectivity index (χ1v) is 7.11. The van der Waals surface area contributed by atoms with E-state index in [1.807, 2.05) is 0 Å². The Kier molecular flexibility index (Phi) is 7.06. The van der Waals surface area contributed by atoms with Gasteiger partial charge in [-0.05, 0) is 38.5 Å². The van der Waals surface area contributed by atoms with Gasteiger partial charge in [-0.25, -0.2) is 0 Å². The van der Waals surface area contributed by atoms with Crippen LogP contribution in [0.15, 0.2) is 0 Å². The van der Waals surface area contributed by atoms with Crippen LogP contribution in [0, 0.1) is 5.92 Å². The molecule has 0 saturated heterocycles. The zero-order chi connectivity index (χ0) is 11.8. The molecular formula is C14H29NO. The molecule has 0 radical (unpaired) electrons. The maximum atomic E-state index is 5.90. The number of hydrogen-bond donors (Lipinski definition) is 1. The SMILES string of the molecule is CCC(CC)NCC(C)OCC1CCCC1. The van der Waals surface area contributed by atoms with Gasteiger partial charge in [0.25, 0.3) is 0 Å². The topological polar surface area (TPSA) is 21.3 Å². The fraction of sp³-hybridized carbons (Fsp3) is 1.00. The van der Waals surface area contributed by atoms with Gasteiger partial charge in [0.05, 0.1) is 6.10 Å².